The molecule has 0 aromatic heterocycles. The van der Waals surface area contributed by atoms with Gasteiger partial charge >= 0.3 is 0 Å². The standard InChI is InChI=1S/C21H29Cl2N3O4/c1-2-24(11-12-27)14-17(28)15-26-10-9-25(8-7-21(26)30)20(29)6-4-16-3-5-18(22)19(23)13-16/h3-6,13,17,27-28H,2,7-12,14-15H2,1H3. The molecule has 2 amide bonds. The topological polar surface area (TPSA) is 84.3 Å². The van der Waals surface area contributed by atoms with Gasteiger partial charge in [0.05, 0.1) is 22.8 Å². The molecule has 1 aliphatic heterocycles. The van der Waals surface area contributed by atoms with E-state index in [9.17, 15) is 14.7 Å². The molecule has 166 valence electrons. The van der Waals surface area contributed by atoms with Crippen LogP contribution in [0.25, 0.3) is 6.08 Å². The molecule has 1 aromatic carbocycles. The van der Waals surface area contributed by atoms with Gasteiger partial charge in [0.2, 0.25) is 11.8 Å². The van der Waals surface area contributed by atoms with Crippen molar-refractivity contribution in [2.75, 3.05) is 52.4 Å². The fourth-order valence-corrected chi connectivity index (χ4v) is 3.61. The molecule has 1 saturated heterocycles. The summed E-state index contributed by atoms with van der Waals surface area (Å²) in [5.74, 6) is -0.264. The quantitative estimate of drug-likeness (QED) is 0.551. The van der Waals surface area contributed by atoms with Crippen molar-refractivity contribution in [3.63, 3.8) is 0 Å². The van der Waals surface area contributed by atoms with E-state index in [4.69, 9.17) is 28.3 Å². The van der Waals surface area contributed by atoms with E-state index in [-0.39, 0.29) is 31.4 Å². The summed E-state index contributed by atoms with van der Waals surface area (Å²) >= 11 is 11.9. The molecule has 1 atom stereocenters. The lowest BCUT2D eigenvalue weighted by atomic mass is 10.2. The smallest absolute Gasteiger partial charge is 0.246 e. The molecular weight excluding hydrogens is 429 g/mol. The van der Waals surface area contributed by atoms with Gasteiger partial charge in [-0.1, -0.05) is 36.2 Å². The Morgan fingerprint density at radius 1 is 1.27 bits per heavy atom. The lowest BCUT2D eigenvalue weighted by molar-refractivity contribution is -0.131. The van der Waals surface area contributed by atoms with Gasteiger partial charge in [-0.3, -0.25) is 14.5 Å². The zero-order valence-electron chi connectivity index (χ0n) is 17.1. The zero-order chi connectivity index (χ0) is 22.1. The maximum Gasteiger partial charge on any atom is 0.246 e. The van der Waals surface area contributed by atoms with E-state index in [0.29, 0.717) is 49.3 Å². The Morgan fingerprint density at radius 2 is 2.03 bits per heavy atom. The van der Waals surface area contributed by atoms with Gasteiger partial charge in [-0.15, -0.1) is 0 Å². The molecule has 1 heterocycles. The van der Waals surface area contributed by atoms with Crippen LogP contribution in [0.4, 0.5) is 0 Å². The highest BCUT2D eigenvalue weighted by Crippen LogP contribution is 2.23. The third-order valence-electron chi connectivity index (χ3n) is 5.03. The van der Waals surface area contributed by atoms with Gasteiger partial charge in [0.25, 0.3) is 0 Å². The normalized spacial score (nSPS) is 16.4. The zero-order valence-corrected chi connectivity index (χ0v) is 18.6. The summed E-state index contributed by atoms with van der Waals surface area (Å²) in [4.78, 5) is 30.1. The van der Waals surface area contributed by atoms with E-state index >= 15 is 0 Å². The predicted molar refractivity (Wildman–Crippen MR) is 118 cm³/mol. The molecule has 1 unspecified atom stereocenters. The highest BCUT2D eigenvalue weighted by molar-refractivity contribution is 6.42. The molecule has 0 saturated carbocycles. The molecule has 0 spiro atoms. The average molecular weight is 458 g/mol. The lowest BCUT2D eigenvalue weighted by Crippen LogP contribution is -2.44. The monoisotopic (exact) mass is 457 g/mol. The number of aliphatic hydroxyl groups excluding tert-OH is 2. The van der Waals surface area contributed by atoms with Crippen LogP contribution in [-0.2, 0) is 9.59 Å². The first kappa shape index (κ1) is 24.6. The Kier molecular flexibility index (Phi) is 10.1. The van der Waals surface area contributed by atoms with Crippen LogP contribution in [0.2, 0.25) is 10.0 Å². The summed E-state index contributed by atoms with van der Waals surface area (Å²) in [5, 5.41) is 20.3. The second-order valence-electron chi connectivity index (χ2n) is 7.19. The fourth-order valence-electron chi connectivity index (χ4n) is 3.30. The number of halogens is 2. The number of hydrogen-bond donors (Lipinski definition) is 2. The minimum absolute atomic E-state index is 0.0238. The summed E-state index contributed by atoms with van der Waals surface area (Å²) in [6.45, 7) is 4.86. The van der Waals surface area contributed by atoms with Crippen molar-refractivity contribution >= 4 is 41.1 Å². The van der Waals surface area contributed by atoms with Crippen LogP contribution in [0, 0.1) is 0 Å². The molecule has 30 heavy (non-hydrogen) atoms. The Hall–Kier alpha value is -1.64. The number of aliphatic hydroxyl groups is 2. The Bertz CT molecular complexity index is 760. The van der Waals surface area contributed by atoms with Crippen LogP contribution < -0.4 is 0 Å². The highest BCUT2D eigenvalue weighted by Gasteiger charge is 2.25. The first-order valence-electron chi connectivity index (χ1n) is 10.0. The molecule has 2 N–H and O–H groups in total. The van der Waals surface area contributed by atoms with Crippen molar-refractivity contribution in [3.8, 4) is 0 Å². The molecule has 9 heteroatoms. The number of rotatable bonds is 9. The van der Waals surface area contributed by atoms with Crippen molar-refractivity contribution in [2.24, 2.45) is 0 Å². The van der Waals surface area contributed by atoms with Crippen molar-refractivity contribution < 1.29 is 19.8 Å². The summed E-state index contributed by atoms with van der Waals surface area (Å²) < 4.78 is 0. The number of likely N-dealkylation sites (N-methyl/N-ethyl adjacent to an activating group) is 1. The summed E-state index contributed by atoms with van der Waals surface area (Å²) in [5.41, 5.74) is 0.761. The molecule has 0 aliphatic carbocycles. The summed E-state index contributed by atoms with van der Waals surface area (Å²) in [6.07, 6.45) is 2.63. The van der Waals surface area contributed by atoms with E-state index in [0.717, 1.165) is 5.56 Å². The van der Waals surface area contributed by atoms with Gasteiger partial charge in [-0.2, -0.15) is 0 Å². The number of carbonyl (C=O) groups is 2. The van der Waals surface area contributed by atoms with Gasteiger partial charge in [-0.25, -0.2) is 0 Å². The third-order valence-corrected chi connectivity index (χ3v) is 5.76. The third kappa shape index (κ3) is 7.56. The second kappa shape index (κ2) is 12.3. The van der Waals surface area contributed by atoms with Crippen molar-refractivity contribution in [1.82, 2.24) is 14.7 Å². The molecule has 1 fully saturated rings. The fraction of sp³-hybridized carbons (Fsp3) is 0.524. The Morgan fingerprint density at radius 3 is 2.70 bits per heavy atom. The molecule has 7 nitrogen and oxygen atoms in total. The van der Waals surface area contributed by atoms with E-state index in [1.165, 1.54) is 6.08 Å². The van der Waals surface area contributed by atoms with Gasteiger partial charge in [0.1, 0.15) is 0 Å². The number of hydrogen-bond acceptors (Lipinski definition) is 5. The number of β-amino-alcohol motifs (C(OH)–C–C–N with tert-alkyl or cyclic N) is 1. The average Bonchev–Trinajstić information content (AvgIpc) is 2.90. The van der Waals surface area contributed by atoms with Crippen LogP contribution in [0.1, 0.15) is 18.9 Å². The Labute approximate surface area is 187 Å². The molecule has 0 radical (unpaired) electrons. The van der Waals surface area contributed by atoms with Crippen molar-refractivity contribution in [1.29, 1.82) is 0 Å². The number of amides is 2. The minimum Gasteiger partial charge on any atom is -0.395 e. The van der Waals surface area contributed by atoms with E-state index in [2.05, 4.69) is 0 Å². The number of nitrogens with zero attached hydrogens (tertiary/aromatic N) is 3. The molecule has 1 aliphatic rings. The largest absolute Gasteiger partial charge is 0.395 e. The minimum atomic E-state index is -0.711. The summed E-state index contributed by atoms with van der Waals surface area (Å²) in [7, 11) is 0. The van der Waals surface area contributed by atoms with Crippen LogP contribution in [0.5, 0.6) is 0 Å². The van der Waals surface area contributed by atoms with E-state index < -0.39 is 6.10 Å². The van der Waals surface area contributed by atoms with E-state index in [1.54, 1.807) is 34.1 Å². The maximum absolute atomic E-state index is 12.5. The number of benzene rings is 1. The molecule has 2 rings (SSSR count). The van der Waals surface area contributed by atoms with Crippen molar-refractivity contribution in [3.05, 3.63) is 39.9 Å². The molecular formula is C21H29Cl2N3O4. The van der Waals surface area contributed by atoms with Gasteiger partial charge in [-0.05, 0) is 30.3 Å². The first-order chi connectivity index (χ1) is 14.3. The van der Waals surface area contributed by atoms with Crippen molar-refractivity contribution in [2.45, 2.75) is 19.4 Å². The molecule has 0 bridgehead atoms. The maximum atomic E-state index is 12.5. The van der Waals surface area contributed by atoms with Gasteiger partial charge in [0, 0.05) is 51.8 Å². The lowest BCUT2D eigenvalue weighted by Gasteiger charge is -2.27. The van der Waals surface area contributed by atoms with Gasteiger partial charge < -0.3 is 20.0 Å². The van der Waals surface area contributed by atoms with Crippen LogP contribution in [0.15, 0.2) is 24.3 Å². The molecule has 1 aromatic rings. The second-order valence-corrected chi connectivity index (χ2v) is 8.01. The van der Waals surface area contributed by atoms with Crippen LogP contribution >= 0.6 is 23.2 Å². The van der Waals surface area contributed by atoms with Gasteiger partial charge in [0.15, 0.2) is 0 Å². The van der Waals surface area contributed by atoms with Crippen LogP contribution in [-0.4, -0.2) is 95.3 Å². The Balaban J connectivity index is 1.90. The summed E-state index contributed by atoms with van der Waals surface area (Å²) in [6, 6.07) is 5.12. The predicted octanol–water partition coefficient (Wildman–Crippen LogP) is 1.74. The first-order valence-corrected chi connectivity index (χ1v) is 10.8. The van der Waals surface area contributed by atoms with E-state index in [1.807, 2.05) is 11.8 Å². The SMILES string of the molecule is CCN(CCO)CC(O)CN1CCN(C(=O)C=Cc2ccc(Cl)c(Cl)c2)CCC1=O. The highest BCUT2D eigenvalue weighted by atomic mass is 35.5. The number of carbonyl (C=O) groups excluding carboxylic acids is 2. The van der Waals surface area contributed by atoms with Crippen LogP contribution in [0.3, 0.4) is 0 Å².